The molecule has 0 aliphatic heterocycles. The number of hydrogen-bond donors (Lipinski definition) is 0. The van der Waals surface area contributed by atoms with Crippen molar-refractivity contribution in [3.63, 3.8) is 0 Å². The zero-order valence-corrected chi connectivity index (χ0v) is 23.0. The van der Waals surface area contributed by atoms with Gasteiger partial charge in [0.2, 0.25) is 0 Å². The van der Waals surface area contributed by atoms with Gasteiger partial charge in [-0.15, -0.1) is 0 Å². The molecule has 0 amide bonds. The molecule has 0 saturated heterocycles. The normalized spacial score (nSPS) is 22.0. The lowest BCUT2D eigenvalue weighted by atomic mass is 9.82. The Morgan fingerprint density at radius 2 is 1.49 bits per heavy atom. The summed E-state index contributed by atoms with van der Waals surface area (Å²) in [6.45, 7) is 16.1. The summed E-state index contributed by atoms with van der Waals surface area (Å²) < 4.78 is 31.1. The number of imidazole rings is 1. The van der Waals surface area contributed by atoms with Crippen molar-refractivity contribution in [2.75, 3.05) is 0 Å². The first-order valence-corrected chi connectivity index (χ1v) is 13.7. The van der Waals surface area contributed by atoms with E-state index in [9.17, 15) is 4.39 Å². The molecule has 0 spiro atoms. The zero-order valence-electron chi connectivity index (χ0n) is 23.0. The second-order valence-corrected chi connectivity index (χ2v) is 11.8. The van der Waals surface area contributed by atoms with Crippen LogP contribution >= 0.6 is 0 Å². The van der Waals surface area contributed by atoms with Crippen molar-refractivity contribution in [1.82, 2.24) is 9.55 Å². The minimum Gasteiger partial charge on any atom is -0.292 e. The van der Waals surface area contributed by atoms with Crippen molar-refractivity contribution in [1.29, 1.82) is 0 Å². The summed E-state index contributed by atoms with van der Waals surface area (Å²) in [6, 6.07) is 16.5. The highest BCUT2D eigenvalue weighted by Gasteiger charge is 2.37. The molecular formula is C33H38F2N2. The molecule has 3 aromatic carbocycles. The topological polar surface area (TPSA) is 17.8 Å². The van der Waals surface area contributed by atoms with E-state index in [0.717, 1.165) is 22.8 Å². The molecule has 0 radical (unpaired) electrons. The molecule has 4 heteroatoms. The van der Waals surface area contributed by atoms with Gasteiger partial charge in [-0.3, -0.25) is 4.57 Å². The molecule has 1 aromatic heterocycles. The molecule has 1 saturated carbocycles. The van der Waals surface area contributed by atoms with Crippen LogP contribution in [0, 0.1) is 29.4 Å². The monoisotopic (exact) mass is 500 g/mol. The van der Waals surface area contributed by atoms with Gasteiger partial charge < -0.3 is 0 Å². The lowest BCUT2D eigenvalue weighted by Crippen LogP contribution is -2.13. The summed E-state index contributed by atoms with van der Waals surface area (Å²) in [6.07, 6.45) is 1.21. The third-order valence-corrected chi connectivity index (χ3v) is 8.81. The van der Waals surface area contributed by atoms with Gasteiger partial charge in [-0.1, -0.05) is 72.7 Å². The summed E-state index contributed by atoms with van der Waals surface area (Å²) >= 11 is 0. The maximum Gasteiger partial charge on any atom is 0.148 e. The number of hydrogen-bond acceptors (Lipinski definition) is 1. The third kappa shape index (κ3) is 4.39. The molecular weight excluding hydrogens is 462 g/mol. The van der Waals surface area contributed by atoms with E-state index >= 15 is 4.39 Å². The van der Waals surface area contributed by atoms with Crippen molar-refractivity contribution in [2.45, 2.75) is 72.6 Å². The van der Waals surface area contributed by atoms with Crippen LogP contribution in [0.25, 0.3) is 28.1 Å². The Balaban J connectivity index is 1.83. The van der Waals surface area contributed by atoms with Gasteiger partial charge in [0.15, 0.2) is 0 Å². The van der Waals surface area contributed by atoms with E-state index < -0.39 is 11.6 Å². The van der Waals surface area contributed by atoms with Crippen LogP contribution in [0.5, 0.6) is 0 Å². The van der Waals surface area contributed by atoms with Crippen molar-refractivity contribution in [3.8, 4) is 17.1 Å². The number of halogens is 2. The highest BCUT2D eigenvalue weighted by atomic mass is 19.1. The maximum absolute atomic E-state index is 15.2. The number of nitrogens with zero attached hydrogens (tertiary/aromatic N) is 2. The van der Waals surface area contributed by atoms with E-state index in [1.807, 2.05) is 24.3 Å². The number of aromatic nitrogens is 2. The van der Waals surface area contributed by atoms with Crippen molar-refractivity contribution in [3.05, 3.63) is 82.9 Å². The second kappa shape index (κ2) is 9.70. The number of para-hydroxylation sites is 2. The Kier molecular flexibility index (Phi) is 6.72. The molecule has 0 bridgehead atoms. The molecule has 0 N–H and O–H groups in total. The van der Waals surface area contributed by atoms with Gasteiger partial charge >= 0.3 is 0 Å². The number of rotatable bonds is 5. The standard InChI is InChI=1S/C33H38F2N2/c1-18(2)26-15-23(28-14-20(5)21(6)22(28)7)16-27(19(3)4)32(26)37-31-11-9-8-10-30(31)36-33(37)25-13-12-24(34)17-29(25)35/h8-13,15-22,28H,14H2,1-7H3. The quantitative estimate of drug-likeness (QED) is 0.267. The number of fused-ring (bicyclic) bond motifs is 1. The fourth-order valence-electron chi connectivity index (χ4n) is 6.31. The van der Waals surface area contributed by atoms with Gasteiger partial charge in [-0.05, 0) is 82.9 Å². The van der Waals surface area contributed by atoms with Gasteiger partial charge in [-0.25, -0.2) is 13.8 Å². The first-order chi connectivity index (χ1) is 17.6. The highest BCUT2D eigenvalue weighted by Crippen LogP contribution is 2.48. The Bertz CT molecular complexity index is 1420. The van der Waals surface area contributed by atoms with Crippen LogP contribution < -0.4 is 0 Å². The SMILES string of the molecule is CC(C)c1cc(C2CC(C)C(C)C2C)cc(C(C)C)c1-n1c(-c2ccc(F)cc2F)nc2ccccc21. The smallest absolute Gasteiger partial charge is 0.148 e. The fourth-order valence-corrected chi connectivity index (χ4v) is 6.31. The molecule has 4 aromatic rings. The van der Waals surface area contributed by atoms with E-state index in [-0.39, 0.29) is 11.8 Å². The lowest BCUT2D eigenvalue weighted by Gasteiger charge is -2.27. The van der Waals surface area contributed by atoms with E-state index in [0.29, 0.717) is 35.1 Å². The summed E-state index contributed by atoms with van der Waals surface area (Å²) in [5, 5.41) is 0. The van der Waals surface area contributed by atoms with Gasteiger partial charge in [0.1, 0.15) is 17.5 Å². The summed E-state index contributed by atoms with van der Waals surface area (Å²) in [5.41, 5.74) is 7.00. The second-order valence-electron chi connectivity index (χ2n) is 11.8. The van der Waals surface area contributed by atoms with E-state index in [1.54, 1.807) is 0 Å². The maximum atomic E-state index is 15.2. The summed E-state index contributed by atoms with van der Waals surface area (Å²) in [5.74, 6) is 2.38. The van der Waals surface area contributed by atoms with Crippen molar-refractivity contribution in [2.24, 2.45) is 17.8 Å². The molecule has 1 fully saturated rings. The summed E-state index contributed by atoms with van der Waals surface area (Å²) in [7, 11) is 0. The zero-order chi connectivity index (χ0) is 26.6. The molecule has 2 nitrogen and oxygen atoms in total. The molecule has 4 atom stereocenters. The van der Waals surface area contributed by atoms with Crippen molar-refractivity contribution >= 4 is 11.0 Å². The highest BCUT2D eigenvalue weighted by molar-refractivity contribution is 5.84. The van der Waals surface area contributed by atoms with Gasteiger partial charge in [0.05, 0.1) is 22.3 Å². The summed E-state index contributed by atoms with van der Waals surface area (Å²) in [4.78, 5) is 4.88. The third-order valence-electron chi connectivity index (χ3n) is 8.81. The van der Waals surface area contributed by atoms with Crippen LogP contribution in [0.2, 0.25) is 0 Å². The Hall–Kier alpha value is -3.01. The number of benzene rings is 3. The Labute approximate surface area is 219 Å². The van der Waals surface area contributed by atoms with Crippen LogP contribution in [0.4, 0.5) is 8.78 Å². The molecule has 1 heterocycles. The van der Waals surface area contributed by atoms with Crippen LogP contribution in [0.15, 0.2) is 54.6 Å². The van der Waals surface area contributed by atoms with Gasteiger partial charge in [0.25, 0.3) is 0 Å². The Morgan fingerprint density at radius 3 is 2.05 bits per heavy atom. The Morgan fingerprint density at radius 1 is 0.838 bits per heavy atom. The molecule has 4 unspecified atom stereocenters. The van der Waals surface area contributed by atoms with E-state index in [2.05, 4.69) is 65.2 Å². The van der Waals surface area contributed by atoms with Gasteiger partial charge in [-0.2, -0.15) is 0 Å². The van der Waals surface area contributed by atoms with Crippen LogP contribution in [0.1, 0.15) is 89.3 Å². The molecule has 194 valence electrons. The average molecular weight is 501 g/mol. The minimum absolute atomic E-state index is 0.256. The van der Waals surface area contributed by atoms with E-state index in [4.69, 9.17) is 4.98 Å². The lowest BCUT2D eigenvalue weighted by molar-refractivity contribution is 0.370. The molecule has 1 aliphatic rings. The van der Waals surface area contributed by atoms with E-state index in [1.165, 1.54) is 35.2 Å². The van der Waals surface area contributed by atoms with Gasteiger partial charge in [0, 0.05) is 6.07 Å². The largest absolute Gasteiger partial charge is 0.292 e. The molecule has 5 rings (SSSR count). The minimum atomic E-state index is -0.604. The predicted octanol–water partition coefficient (Wildman–Crippen LogP) is 9.61. The molecule has 1 aliphatic carbocycles. The average Bonchev–Trinajstić information content (AvgIpc) is 3.35. The first kappa shape index (κ1) is 25.6. The molecule has 37 heavy (non-hydrogen) atoms. The van der Waals surface area contributed by atoms with Crippen LogP contribution in [-0.4, -0.2) is 9.55 Å². The predicted molar refractivity (Wildman–Crippen MR) is 149 cm³/mol. The van der Waals surface area contributed by atoms with Crippen LogP contribution in [0.3, 0.4) is 0 Å². The first-order valence-electron chi connectivity index (χ1n) is 13.7. The van der Waals surface area contributed by atoms with Crippen molar-refractivity contribution < 1.29 is 8.78 Å². The van der Waals surface area contributed by atoms with Crippen LogP contribution in [-0.2, 0) is 0 Å². The fraction of sp³-hybridized carbons (Fsp3) is 0.424.